The number of nitrogen functional groups attached to an aromatic ring is 1. The van der Waals surface area contributed by atoms with Crippen molar-refractivity contribution in [1.82, 2.24) is 24.6 Å². The summed E-state index contributed by atoms with van der Waals surface area (Å²) in [4.78, 5) is 37.0. The Morgan fingerprint density at radius 3 is 2.48 bits per heavy atom. The molecule has 7 unspecified atom stereocenters. The van der Waals surface area contributed by atoms with Crippen LogP contribution in [0.3, 0.4) is 0 Å². The molecule has 2 aliphatic rings. The molecule has 1 saturated carbocycles. The summed E-state index contributed by atoms with van der Waals surface area (Å²) < 4.78 is 47.8. The van der Waals surface area contributed by atoms with Crippen LogP contribution in [0.5, 0.6) is 5.88 Å². The van der Waals surface area contributed by atoms with Crippen LogP contribution in [0, 0.1) is 5.92 Å². The van der Waals surface area contributed by atoms with E-state index in [4.69, 9.17) is 33.7 Å². The van der Waals surface area contributed by atoms with Crippen molar-refractivity contribution < 1.29 is 47.3 Å². The summed E-state index contributed by atoms with van der Waals surface area (Å²) in [6.45, 7) is 9.00. The van der Waals surface area contributed by atoms with E-state index in [0.717, 1.165) is 0 Å². The Morgan fingerprint density at radius 1 is 1.23 bits per heavy atom. The van der Waals surface area contributed by atoms with E-state index in [2.05, 4.69) is 20.0 Å². The number of rotatable bonds is 12. The molecule has 7 atom stereocenters. The van der Waals surface area contributed by atoms with Gasteiger partial charge >= 0.3 is 19.7 Å². The van der Waals surface area contributed by atoms with Crippen molar-refractivity contribution >= 4 is 36.8 Å². The highest BCUT2D eigenvalue weighted by Gasteiger charge is 2.77. The van der Waals surface area contributed by atoms with E-state index in [9.17, 15) is 19.3 Å². The highest BCUT2D eigenvalue weighted by molar-refractivity contribution is 7.51. The number of nitrogens with zero attached hydrogens (tertiary/aromatic N) is 4. The Bertz CT molecular complexity index is 1320. The number of aromatic nitrogens is 4. The number of nitrogens with two attached hydrogens (primary N) is 1. The van der Waals surface area contributed by atoms with Gasteiger partial charge in [-0.05, 0) is 34.6 Å². The average Bonchev–Trinajstić information content (AvgIpc) is 3.12. The van der Waals surface area contributed by atoms with Crippen LogP contribution in [0.2, 0.25) is 0 Å². The summed E-state index contributed by atoms with van der Waals surface area (Å²) >= 11 is 0. The van der Waals surface area contributed by atoms with Crippen LogP contribution >= 0.6 is 7.75 Å². The van der Waals surface area contributed by atoms with Gasteiger partial charge in [0.25, 0.3) is 0 Å². The minimum absolute atomic E-state index is 0.0351. The van der Waals surface area contributed by atoms with Gasteiger partial charge in [-0.1, -0.05) is 6.92 Å². The number of ether oxygens (including phenoxy) is 4. The standard InChI is InChI=1S/C23H35N6O10P/c1-10(2)36-14(30)8-35-40(33,28-13(6)21(31)37-11(3)4)39-17-16-23(17,32)12(5)20(38-16)29-9-25-15-18(29)26-22(24)27-19(15)34-7/h9-13,16-17,20,32H,8H2,1-7H3,(H,28,33)(H2,24,26,27). The number of carbonyl (C=O) groups is 2. The summed E-state index contributed by atoms with van der Waals surface area (Å²) in [5.41, 5.74) is 4.90. The maximum atomic E-state index is 13.7. The number of hydrogen-bond donors (Lipinski definition) is 3. The largest absolute Gasteiger partial charge is 0.479 e. The SMILES string of the molecule is COc1nc(N)nc2c1ncn2C1OC2C(OP(=O)(NC(C)C(=O)OC(C)C)OCC(=O)OC(C)C)C2(O)C1C. The third-order valence-corrected chi connectivity index (χ3v) is 8.10. The Balaban J connectivity index is 1.52. The number of esters is 2. The summed E-state index contributed by atoms with van der Waals surface area (Å²) in [6, 6.07) is -1.13. The predicted octanol–water partition coefficient (Wildman–Crippen LogP) is 1.09. The summed E-state index contributed by atoms with van der Waals surface area (Å²) in [5.74, 6) is -1.98. The lowest BCUT2D eigenvalue weighted by molar-refractivity contribution is -0.150. The van der Waals surface area contributed by atoms with Crippen LogP contribution in [0.15, 0.2) is 6.33 Å². The van der Waals surface area contributed by atoms with E-state index in [1.54, 1.807) is 39.2 Å². The van der Waals surface area contributed by atoms with Crippen molar-refractivity contribution in [3.8, 4) is 5.88 Å². The second kappa shape index (κ2) is 11.2. The third kappa shape index (κ3) is 5.78. The van der Waals surface area contributed by atoms with E-state index in [0.29, 0.717) is 11.2 Å². The molecule has 1 aliphatic heterocycles. The summed E-state index contributed by atoms with van der Waals surface area (Å²) in [6.07, 6.45) is -2.18. The first-order valence-electron chi connectivity index (χ1n) is 12.7. The molecule has 0 spiro atoms. The zero-order chi connectivity index (χ0) is 29.6. The molecular weight excluding hydrogens is 551 g/mol. The molecular formula is C23H35N6O10P. The maximum Gasteiger partial charge on any atom is 0.407 e. The summed E-state index contributed by atoms with van der Waals surface area (Å²) in [7, 11) is -2.96. The lowest BCUT2D eigenvalue weighted by Crippen LogP contribution is -2.37. The second-order valence-electron chi connectivity index (χ2n) is 10.2. The third-order valence-electron chi connectivity index (χ3n) is 6.42. The van der Waals surface area contributed by atoms with Gasteiger partial charge in [-0.25, -0.2) is 19.4 Å². The van der Waals surface area contributed by atoms with E-state index < -0.39 is 74.5 Å². The molecule has 4 rings (SSSR count). The molecule has 16 nitrogen and oxygen atoms in total. The number of hydrogen-bond acceptors (Lipinski definition) is 14. The molecule has 1 aliphatic carbocycles. The number of imidazole rings is 1. The van der Waals surface area contributed by atoms with Gasteiger partial charge in [-0.3, -0.25) is 18.4 Å². The first-order valence-corrected chi connectivity index (χ1v) is 14.3. The quantitative estimate of drug-likeness (QED) is 0.235. The molecule has 2 aromatic rings. The van der Waals surface area contributed by atoms with Crippen molar-refractivity contribution in [3.05, 3.63) is 6.33 Å². The zero-order valence-electron chi connectivity index (χ0n) is 23.3. The molecule has 17 heteroatoms. The average molecular weight is 587 g/mol. The van der Waals surface area contributed by atoms with Gasteiger partial charge in [0.15, 0.2) is 17.8 Å². The van der Waals surface area contributed by atoms with E-state index in [1.165, 1.54) is 20.4 Å². The first kappa shape index (κ1) is 30.1. The zero-order valence-corrected chi connectivity index (χ0v) is 24.2. The van der Waals surface area contributed by atoms with Crippen LogP contribution in [-0.4, -0.2) is 86.3 Å². The van der Waals surface area contributed by atoms with Gasteiger partial charge in [0.2, 0.25) is 11.8 Å². The van der Waals surface area contributed by atoms with Gasteiger partial charge in [0.1, 0.15) is 30.1 Å². The lowest BCUT2D eigenvalue weighted by Gasteiger charge is -2.27. The molecule has 3 heterocycles. The first-order chi connectivity index (χ1) is 18.7. The van der Waals surface area contributed by atoms with Crippen LogP contribution in [-0.2, 0) is 37.4 Å². The summed E-state index contributed by atoms with van der Waals surface area (Å²) in [5, 5.41) is 13.9. The number of anilines is 1. The number of fused-ring (bicyclic) bond motifs is 2. The highest BCUT2D eigenvalue weighted by atomic mass is 31.2. The number of methoxy groups -OCH3 is 1. The molecule has 222 valence electrons. The topological polar surface area (TPSA) is 208 Å². The van der Waals surface area contributed by atoms with Crippen LogP contribution < -0.4 is 15.6 Å². The molecule has 40 heavy (non-hydrogen) atoms. The fourth-order valence-corrected chi connectivity index (χ4v) is 6.14. The maximum absolute atomic E-state index is 13.7. The number of aliphatic hydroxyl groups is 1. The predicted molar refractivity (Wildman–Crippen MR) is 138 cm³/mol. The van der Waals surface area contributed by atoms with E-state index >= 15 is 0 Å². The molecule has 1 saturated heterocycles. The van der Waals surface area contributed by atoms with Gasteiger partial charge in [-0.2, -0.15) is 9.97 Å². The Labute approximate surface area is 230 Å². The smallest absolute Gasteiger partial charge is 0.407 e. The van der Waals surface area contributed by atoms with E-state index in [-0.39, 0.29) is 11.8 Å². The molecule has 0 amide bonds. The molecule has 0 aromatic carbocycles. The van der Waals surface area contributed by atoms with Crippen molar-refractivity contribution in [3.63, 3.8) is 0 Å². The van der Waals surface area contributed by atoms with Crippen LogP contribution in [0.4, 0.5) is 5.95 Å². The minimum Gasteiger partial charge on any atom is -0.479 e. The van der Waals surface area contributed by atoms with Gasteiger partial charge in [0.05, 0.1) is 25.6 Å². The van der Waals surface area contributed by atoms with Crippen molar-refractivity contribution in [2.75, 3.05) is 19.5 Å². The van der Waals surface area contributed by atoms with Crippen molar-refractivity contribution in [1.29, 1.82) is 0 Å². The molecule has 2 fully saturated rings. The fourth-order valence-electron chi connectivity index (χ4n) is 4.51. The van der Waals surface area contributed by atoms with Crippen molar-refractivity contribution in [2.24, 2.45) is 5.92 Å². The van der Waals surface area contributed by atoms with Crippen LogP contribution in [0.1, 0.15) is 47.8 Å². The van der Waals surface area contributed by atoms with Crippen molar-refractivity contribution in [2.45, 2.75) is 83.8 Å². The van der Waals surface area contributed by atoms with Gasteiger partial charge in [-0.15, -0.1) is 0 Å². The highest BCUT2D eigenvalue weighted by Crippen LogP contribution is 2.63. The lowest BCUT2D eigenvalue weighted by atomic mass is 10.0. The minimum atomic E-state index is -4.39. The van der Waals surface area contributed by atoms with Gasteiger partial charge in [0, 0.05) is 5.92 Å². The monoisotopic (exact) mass is 586 g/mol. The number of nitrogens with one attached hydrogen (secondary N) is 1. The Morgan fingerprint density at radius 2 is 1.90 bits per heavy atom. The number of carbonyl (C=O) groups excluding carboxylic acids is 2. The normalized spacial score (nSPS) is 27.9. The Hall–Kier alpha value is -2.88. The second-order valence-corrected chi connectivity index (χ2v) is 11.9. The van der Waals surface area contributed by atoms with Gasteiger partial charge < -0.3 is 29.8 Å². The molecule has 4 N–H and O–H groups in total. The Kier molecular flexibility index (Phi) is 8.41. The molecule has 0 radical (unpaired) electrons. The molecule has 2 aromatic heterocycles. The fraction of sp³-hybridized carbons (Fsp3) is 0.696. The molecule has 0 bridgehead atoms. The van der Waals surface area contributed by atoms with Crippen LogP contribution in [0.25, 0.3) is 11.2 Å². The van der Waals surface area contributed by atoms with E-state index in [1.807, 2.05) is 0 Å².